The van der Waals surface area contributed by atoms with E-state index in [-0.39, 0.29) is 12.6 Å². The maximum Gasteiger partial charge on any atom is 0.129 e. The Kier molecular flexibility index (Phi) is 4.37. The summed E-state index contributed by atoms with van der Waals surface area (Å²) in [5.41, 5.74) is 1.15. The van der Waals surface area contributed by atoms with Crippen LogP contribution in [0.3, 0.4) is 0 Å². The van der Waals surface area contributed by atoms with E-state index in [1.165, 1.54) is 12.8 Å². The molecule has 2 rings (SSSR count). The molecule has 1 aromatic rings. The minimum Gasteiger partial charge on any atom is -0.395 e. The monoisotopic (exact) mass is 254 g/mol. The van der Waals surface area contributed by atoms with Gasteiger partial charge >= 0.3 is 0 Å². The van der Waals surface area contributed by atoms with Crippen molar-refractivity contribution in [1.29, 1.82) is 0 Å². The smallest absolute Gasteiger partial charge is 0.129 e. The maximum absolute atomic E-state index is 9.42. The fourth-order valence-corrected chi connectivity index (χ4v) is 2.64. The number of nitrogens with zero attached hydrogens (tertiary/aromatic N) is 2. The molecule has 17 heavy (non-hydrogen) atoms. The molecule has 0 amide bonds. The summed E-state index contributed by atoms with van der Waals surface area (Å²) in [7, 11) is 0. The van der Waals surface area contributed by atoms with Crippen LogP contribution in [-0.4, -0.2) is 33.7 Å². The van der Waals surface area contributed by atoms with Crippen LogP contribution < -0.4 is 0 Å². The van der Waals surface area contributed by atoms with Crippen molar-refractivity contribution < 1.29 is 5.11 Å². The van der Waals surface area contributed by atoms with E-state index in [9.17, 15) is 5.11 Å². The third kappa shape index (κ3) is 3.18. The highest BCUT2D eigenvalue weighted by molar-refractivity contribution is 6.29. The molecule has 1 aromatic heterocycles. The number of piperidine rings is 1. The summed E-state index contributed by atoms with van der Waals surface area (Å²) in [6, 6.07) is 4.64. The van der Waals surface area contributed by atoms with Gasteiger partial charge in [0.05, 0.1) is 6.61 Å². The third-order valence-electron chi connectivity index (χ3n) is 3.56. The molecule has 2 unspecified atom stereocenters. The molecule has 1 fully saturated rings. The Labute approximate surface area is 107 Å². The third-order valence-corrected chi connectivity index (χ3v) is 3.78. The highest BCUT2D eigenvalue weighted by atomic mass is 35.5. The average Bonchev–Trinajstić information content (AvgIpc) is 2.34. The second-order valence-corrected chi connectivity index (χ2v) is 5.17. The summed E-state index contributed by atoms with van der Waals surface area (Å²) in [6.45, 7) is 3.31. The lowest BCUT2D eigenvalue weighted by Gasteiger charge is -2.39. The van der Waals surface area contributed by atoms with E-state index >= 15 is 0 Å². The van der Waals surface area contributed by atoms with Crippen molar-refractivity contribution in [3.05, 3.63) is 29.0 Å². The number of aliphatic hydroxyl groups excluding tert-OH is 1. The van der Waals surface area contributed by atoms with Gasteiger partial charge in [0.25, 0.3) is 0 Å². The SMILES string of the molecule is CC1CCCC(CO)N1Cc1ccc(Cl)nc1. The molecule has 2 heterocycles. The number of halogens is 1. The zero-order valence-electron chi connectivity index (χ0n) is 10.1. The van der Waals surface area contributed by atoms with Gasteiger partial charge in [0.1, 0.15) is 5.15 Å². The van der Waals surface area contributed by atoms with E-state index in [1.54, 1.807) is 0 Å². The Morgan fingerprint density at radius 3 is 2.94 bits per heavy atom. The second kappa shape index (κ2) is 5.80. The molecule has 0 spiro atoms. The van der Waals surface area contributed by atoms with Crippen molar-refractivity contribution in [2.75, 3.05) is 6.61 Å². The number of likely N-dealkylation sites (tertiary alicyclic amines) is 1. The lowest BCUT2D eigenvalue weighted by molar-refractivity contribution is 0.0451. The zero-order valence-corrected chi connectivity index (χ0v) is 10.9. The molecular formula is C13H19ClN2O. The summed E-state index contributed by atoms with van der Waals surface area (Å²) in [5.74, 6) is 0. The molecular weight excluding hydrogens is 236 g/mol. The van der Waals surface area contributed by atoms with Crippen molar-refractivity contribution in [2.45, 2.75) is 44.8 Å². The molecule has 3 nitrogen and oxygen atoms in total. The first-order valence-corrected chi connectivity index (χ1v) is 6.55. The van der Waals surface area contributed by atoms with Gasteiger partial charge in [0.2, 0.25) is 0 Å². The van der Waals surface area contributed by atoms with E-state index in [0.717, 1.165) is 18.5 Å². The molecule has 0 saturated carbocycles. The van der Waals surface area contributed by atoms with Gasteiger partial charge in [-0.3, -0.25) is 4.90 Å². The summed E-state index contributed by atoms with van der Waals surface area (Å²) >= 11 is 5.77. The highest BCUT2D eigenvalue weighted by Crippen LogP contribution is 2.24. The van der Waals surface area contributed by atoms with Gasteiger partial charge in [-0.25, -0.2) is 4.98 Å². The Hall–Kier alpha value is -0.640. The molecule has 0 radical (unpaired) electrons. The molecule has 94 valence electrons. The van der Waals surface area contributed by atoms with Crippen LogP contribution >= 0.6 is 11.6 Å². The molecule has 1 aliphatic heterocycles. The largest absolute Gasteiger partial charge is 0.395 e. The summed E-state index contributed by atoms with van der Waals surface area (Å²) in [4.78, 5) is 6.47. The summed E-state index contributed by atoms with van der Waals surface area (Å²) in [6.07, 6.45) is 5.32. The van der Waals surface area contributed by atoms with Gasteiger partial charge in [-0.15, -0.1) is 0 Å². The number of aliphatic hydroxyl groups is 1. The first-order valence-electron chi connectivity index (χ1n) is 6.17. The fraction of sp³-hybridized carbons (Fsp3) is 0.615. The van der Waals surface area contributed by atoms with E-state index in [1.807, 2.05) is 18.3 Å². The zero-order chi connectivity index (χ0) is 12.3. The number of hydrogen-bond acceptors (Lipinski definition) is 3. The fourth-order valence-electron chi connectivity index (χ4n) is 2.53. The van der Waals surface area contributed by atoms with Gasteiger partial charge in [-0.05, 0) is 31.4 Å². The molecule has 0 bridgehead atoms. The molecule has 4 heteroatoms. The Bertz CT molecular complexity index is 355. The van der Waals surface area contributed by atoms with Crippen LogP contribution in [0.5, 0.6) is 0 Å². The number of aromatic nitrogens is 1. The Morgan fingerprint density at radius 2 is 2.29 bits per heavy atom. The van der Waals surface area contributed by atoms with E-state index in [4.69, 9.17) is 11.6 Å². The minimum atomic E-state index is 0.241. The van der Waals surface area contributed by atoms with Crippen LogP contribution in [0.1, 0.15) is 31.7 Å². The van der Waals surface area contributed by atoms with Crippen LogP contribution in [0.4, 0.5) is 0 Å². The lowest BCUT2D eigenvalue weighted by atomic mass is 9.96. The lowest BCUT2D eigenvalue weighted by Crippen LogP contribution is -2.46. The molecule has 1 saturated heterocycles. The van der Waals surface area contributed by atoms with Gasteiger partial charge in [-0.2, -0.15) is 0 Å². The van der Waals surface area contributed by atoms with Crippen LogP contribution in [0.25, 0.3) is 0 Å². The number of hydrogen-bond donors (Lipinski definition) is 1. The molecule has 0 aliphatic carbocycles. The van der Waals surface area contributed by atoms with Crippen LogP contribution in [0.15, 0.2) is 18.3 Å². The summed E-state index contributed by atoms with van der Waals surface area (Å²) < 4.78 is 0. The topological polar surface area (TPSA) is 36.4 Å². The predicted molar refractivity (Wildman–Crippen MR) is 69.0 cm³/mol. The Morgan fingerprint density at radius 1 is 1.47 bits per heavy atom. The van der Waals surface area contributed by atoms with Crippen molar-refractivity contribution in [2.24, 2.45) is 0 Å². The van der Waals surface area contributed by atoms with Crippen LogP contribution in [-0.2, 0) is 6.54 Å². The maximum atomic E-state index is 9.42. The highest BCUT2D eigenvalue weighted by Gasteiger charge is 2.27. The van der Waals surface area contributed by atoms with Gasteiger partial charge < -0.3 is 5.11 Å². The summed E-state index contributed by atoms with van der Waals surface area (Å²) in [5, 5.41) is 9.95. The van der Waals surface area contributed by atoms with Crippen molar-refractivity contribution >= 4 is 11.6 Å². The average molecular weight is 255 g/mol. The van der Waals surface area contributed by atoms with Gasteiger partial charge in [-0.1, -0.05) is 24.1 Å². The quantitative estimate of drug-likeness (QED) is 0.842. The number of pyridine rings is 1. The molecule has 2 atom stereocenters. The van der Waals surface area contributed by atoms with Crippen LogP contribution in [0.2, 0.25) is 5.15 Å². The normalized spacial score (nSPS) is 26.1. The second-order valence-electron chi connectivity index (χ2n) is 4.78. The Balaban J connectivity index is 2.06. The van der Waals surface area contributed by atoms with Crippen LogP contribution in [0, 0.1) is 0 Å². The van der Waals surface area contributed by atoms with E-state index < -0.39 is 0 Å². The predicted octanol–water partition coefficient (Wildman–Crippen LogP) is 2.47. The van der Waals surface area contributed by atoms with Gasteiger partial charge in [0, 0.05) is 24.8 Å². The standard InChI is InChI=1S/C13H19ClN2O/c1-10-3-2-4-12(9-17)16(10)8-11-5-6-13(14)15-7-11/h5-7,10,12,17H,2-4,8-9H2,1H3. The number of rotatable bonds is 3. The first kappa shape index (κ1) is 12.8. The van der Waals surface area contributed by atoms with Crippen molar-refractivity contribution in [3.63, 3.8) is 0 Å². The molecule has 1 N–H and O–H groups in total. The van der Waals surface area contributed by atoms with E-state index in [0.29, 0.717) is 11.2 Å². The van der Waals surface area contributed by atoms with Crippen molar-refractivity contribution in [1.82, 2.24) is 9.88 Å². The van der Waals surface area contributed by atoms with E-state index in [2.05, 4.69) is 16.8 Å². The van der Waals surface area contributed by atoms with Crippen molar-refractivity contribution in [3.8, 4) is 0 Å². The van der Waals surface area contributed by atoms with Gasteiger partial charge in [0.15, 0.2) is 0 Å². The molecule has 0 aromatic carbocycles. The molecule has 1 aliphatic rings. The minimum absolute atomic E-state index is 0.241. The first-order chi connectivity index (χ1) is 8.20.